The molecule has 2 aromatic rings. The molecule has 1 fully saturated rings. The second-order valence-corrected chi connectivity index (χ2v) is 7.28. The van der Waals surface area contributed by atoms with E-state index in [2.05, 4.69) is 16.3 Å². The summed E-state index contributed by atoms with van der Waals surface area (Å²) < 4.78 is 5.18. The number of likely N-dealkylation sites (N-methyl/N-ethyl adjacent to an activating group) is 1. The molecule has 1 N–H and O–H groups in total. The molecule has 0 aromatic heterocycles. The van der Waals surface area contributed by atoms with E-state index < -0.39 is 0 Å². The number of piperazine rings is 1. The van der Waals surface area contributed by atoms with Crippen LogP contribution in [0.2, 0.25) is 5.02 Å². The van der Waals surface area contributed by atoms with Gasteiger partial charge < -0.3 is 15.0 Å². The normalized spacial score (nSPS) is 16.9. The number of methoxy groups -OCH3 is 1. The van der Waals surface area contributed by atoms with Gasteiger partial charge in [0.15, 0.2) is 0 Å². The molecular weight excluding hydrogens is 397 g/mol. The largest absolute Gasteiger partial charge is 0.497 e. The Bertz CT molecular complexity index is 771. The zero-order valence-corrected chi connectivity index (χ0v) is 17.8. The predicted octanol–water partition coefficient (Wildman–Crippen LogP) is 3.38. The fraction of sp³-hybridized carbons (Fsp3) is 0.381. The maximum absolute atomic E-state index is 12.8. The highest BCUT2D eigenvalue weighted by Crippen LogP contribution is 2.24. The van der Waals surface area contributed by atoms with Gasteiger partial charge in [0, 0.05) is 44.3 Å². The van der Waals surface area contributed by atoms with Gasteiger partial charge in [-0.2, -0.15) is 0 Å². The first-order valence-electron chi connectivity index (χ1n) is 9.14. The van der Waals surface area contributed by atoms with Crippen LogP contribution in [0.1, 0.15) is 17.2 Å². The SMILES string of the molecule is COc1ccc(CN(C)C(=O)CN2CCNCC2c2cccc(Cl)c2)cc1.Cl. The van der Waals surface area contributed by atoms with Crippen LogP contribution in [0.5, 0.6) is 5.75 Å². The van der Waals surface area contributed by atoms with E-state index in [4.69, 9.17) is 16.3 Å². The Kier molecular flexibility index (Phi) is 8.58. The maximum Gasteiger partial charge on any atom is 0.236 e. The summed E-state index contributed by atoms with van der Waals surface area (Å²) >= 11 is 6.16. The highest BCUT2D eigenvalue weighted by Gasteiger charge is 2.26. The van der Waals surface area contributed by atoms with Gasteiger partial charge in [-0.05, 0) is 35.4 Å². The Morgan fingerprint density at radius 3 is 2.71 bits per heavy atom. The van der Waals surface area contributed by atoms with Gasteiger partial charge >= 0.3 is 0 Å². The maximum atomic E-state index is 12.8. The Hall–Kier alpha value is -1.79. The summed E-state index contributed by atoms with van der Waals surface area (Å²) in [5.41, 5.74) is 2.22. The average Bonchev–Trinajstić information content (AvgIpc) is 2.69. The molecule has 5 nitrogen and oxygen atoms in total. The number of benzene rings is 2. The fourth-order valence-electron chi connectivity index (χ4n) is 3.37. The molecule has 1 unspecified atom stereocenters. The molecule has 1 amide bonds. The lowest BCUT2D eigenvalue weighted by Gasteiger charge is -2.37. The second-order valence-electron chi connectivity index (χ2n) is 6.84. The summed E-state index contributed by atoms with van der Waals surface area (Å²) in [6, 6.07) is 15.8. The summed E-state index contributed by atoms with van der Waals surface area (Å²) in [6.07, 6.45) is 0. The van der Waals surface area contributed by atoms with Gasteiger partial charge in [-0.3, -0.25) is 9.69 Å². The van der Waals surface area contributed by atoms with Gasteiger partial charge in [-0.25, -0.2) is 0 Å². The molecule has 7 heteroatoms. The lowest BCUT2D eigenvalue weighted by Crippen LogP contribution is -2.49. The monoisotopic (exact) mass is 423 g/mol. The quantitative estimate of drug-likeness (QED) is 0.773. The Balaban J connectivity index is 0.00000280. The van der Waals surface area contributed by atoms with Gasteiger partial charge in [0.2, 0.25) is 5.91 Å². The molecule has 0 aliphatic carbocycles. The number of carbonyl (C=O) groups is 1. The van der Waals surface area contributed by atoms with Crippen molar-refractivity contribution >= 4 is 29.9 Å². The van der Waals surface area contributed by atoms with E-state index in [0.29, 0.717) is 13.1 Å². The minimum atomic E-state index is 0. The number of ether oxygens (including phenoxy) is 1. The molecule has 1 aliphatic heterocycles. The molecule has 1 aliphatic rings. The van der Waals surface area contributed by atoms with Crippen molar-refractivity contribution in [3.8, 4) is 5.75 Å². The van der Waals surface area contributed by atoms with Gasteiger partial charge in [0.1, 0.15) is 5.75 Å². The minimum Gasteiger partial charge on any atom is -0.497 e. The van der Waals surface area contributed by atoms with Gasteiger partial charge in [-0.15, -0.1) is 12.4 Å². The van der Waals surface area contributed by atoms with Crippen LogP contribution in [0.3, 0.4) is 0 Å². The number of amides is 1. The summed E-state index contributed by atoms with van der Waals surface area (Å²) in [5, 5.41) is 4.14. The van der Waals surface area contributed by atoms with E-state index >= 15 is 0 Å². The Morgan fingerprint density at radius 2 is 2.04 bits per heavy atom. The third kappa shape index (κ3) is 5.85. The number of hydrogen-bond acceptors (Lipinski definition) is 4. The van der Waals surface area contributed by atoms with Gasteiger partial charge in [-0.1, -0.05) is 35.9 Å². The molecule has 0 spiro atoms. The van der Waals surface area contributed by atoms with Crippen LogP contribution in [0, 0.1) is 0 Å². The van der Waals surface area contributed by atoms with Crippen molar-refractivity contribution in [3.63, 3.8) is 0 Å². The zero-order valence-electron chi connectivity index (χ0n) is 16.2. The average molecular weight is 424 g/mol. The third-order valence-electron chi connectivity index (χ3n) is 4.93. The number of nitrogens with zero attached hydrogens (tertiary/aromatic N) is 2. The molecular formula is C21H27Cl2N3O2. The molecule has 0 radical (unpaired) electrons. The van der Waals surface area contributed by atoms with Crippen molar-refractivity contribution in [2.75, 3.05) is 40.3 Å². The summed E-state index contributed by atoms with van der Waals surface area (Å²) in [7, 11) is 3.50. The molecule has 1 heterocycles. The summed E-state index contributed by atoms with van der Waals surface area (Å²) in [6.45, 7) is 3.50. The lowest BCUT2D eigenvalue weighted by atomic mass is 10.0. The topological polar surface area (TPSA) is 44.8 Å². The number of nitrogens with one attached hydrogen (secondary N) is 1. The third-order valence-corrected chi connectivity index (χ3v) is 5.17. The van der Waals surface area contributed by atoms with Crippen LogP contribution in [-0.2, 0) is 11.3 Å². The van der Waals surface area contributed by atoms with Crippen molar-refractivity contribution in [3.05, 3.63) is 64.7 Å². The molecule has 1 atom stereocenters. The smallest absolute Gasteiger partial charge is 0.236 e. The van der Waals surface area contributed by atoms with E-state index in [-0.39, 0.29) is 24.4 Å². The molecule has 3 rings (SSSR count). The highest BCUT2D eigenvalue weighted by molar-refractivity contribution is 6.30. The first-order valence-corrected chi connectivity index (χ1v) is 9.52. The van der Waals surface area contributed by atoms with Crippen LogP contribution < -0.4 is 10.1 Å². The number of hydrogen-bond donors (Lipinski definition) is 1. The zero-order chi connectivity index (χ0) is 19.2. The van der Waals surface area contributed by atoms with Crippen LogP contribution in [0.25, 0.3) is 0 Å². The first kappa shape index (κ1) is 22.5. The second kappa shape index (κ2) is 10.7. The van der Waals surface area contributed by atoms with Crippen LogP contribution in [-0.4, -0.2) is 56.0 Å². The fourth-order valence-corrected chi connectivity index (χ4v) is 3.56. The van der Waals surface area contributed by atoms with Crippen LogP contribution in [0.4, 0.5) is 0 Å². The Morgan fingerprint density at radius 1 is 1.29 bits per heavy atom. The molecule has 2 aromatic carbocycles. The van der Waals surface area contributed by atoms with E-state index in [1.165, 1.54) is 0 Å². The van der Waals surface area contributed by atoms with Crippen molar-refractivity contribution in [2.24, 2.45) is 0 Å². The Labute approximate surface area is 178 Å². The van der Waals surface area contributed by atoms with E-state index in [0.717, 1.165) is 41.5 Å². The molecule has 0 saturated carbocycles. The minimum absolute atomic E-state index is 0. The van der Waals surface area contributed by atoms with Crippen molar-refractivity contribution in [1.82, 2.24) is 15.1 Å². The highest BCUT2D eigenvalue weighted by atomic mass is 35.5. The predicted molar refractivity (Wildman–Crippen MR) is 115 cm³/mol. The van der Waals surface area contributed by atoms with Crippen LogP contribution in [0.15, 0.2) is 48.5 Å². The van der Waals surface area contributed by atoms with E-state index in [1.54, 1.807) is 12.0 Å². The number of carbonyl (C=O) groups excluding carboxylic acids is 1. The van der Waals surface area contributed by atoms with E-state index in [9.17, 15) is 4.79 Å². The van der Waals surface area contributed by atoms with Gasteiger partial charge in [0.25, 0.3) is 0 Å². The van der Waals surface area contributed by atoms with Crippen molar-refractivity contribution < 1.29 is 9.53 Å². The first-order chi connectivity index (χ1) is 13.1. The lowest BCUT2D eigenvalue weighted by molar-refractivity contribution is -0.132. The summed E-state index contributed by atoms with van der Waals surface area (Å²) in [5.74, 6) is 0.928. The molecule has 28 heavy (non-hydrogen) atoms. The molecule has 152 valence electrons. The number of halogens is 2. The van der Waals surface area contributed by atoms with Crippen molar-refractivity contribution in [1.29, 1.82) is 0 Å². The summed E-state index contributed by atoms with van der Waals surface area (Å²) in [4.78, 5) is 16.8. The number of rotatable bonds is 6. The molecule has 1 saturated heterocycles. The molecule has 0 bridgehead atoms. The van der Waals surface area contributed by atoms with Crippen LogP contribution >= 0.6 is 24.0 Å². The van der Waals surface area contributed by atoms with E-state index in [1.807, 2.05) is 49.5 Å². The van der Waals surface area contributed by atoms with Crippen molar-refractivity contribution in [2.45, 2.75) is 12.6 Å². The van der Waals surface area contributed by atoms with Gasteiger partial charge in [0.05, 0.1) is 13.7 Å². The standard InChI is InChI=1S/C21H26ClN3O2.ClH/c1-24(14-16-6-8-19(27-2)9-7-16)21(26)15-25-11-10-23-13-20(25)17-4-3-5-18(22)12-17;/h3-9,12,20,23H,10-11,13-15H2,1-2H3;1H.